The van der Waals surface area contributed by atoms with E-state index in [4.69, 9.17) is 0 Å². The van der Waals surface area contributed by atoms with Crippen molar-refractivity contribution in [3.05, 3.63) is 29.8 Å². The van der Waals surface area contributed by atoms with Crippen LogP contribution in [-0.4, -0.2) is 18.7 Å². The first-order chi connectivity index (χ1) is 9.54. The van der Waals surface area contributed by atoms with Crippen molar-refractivity contribution >= 4 is 6.03 Å². The highest BCUT2D eigenvalue weighted by Crippen LogP contribution is 2.32. The fourth-order valence-electron chi connectivity index (χ4n) is 1.94. The van der Waals surface area contributed by atoms with Gasteiger partial charge in [-0.15, -0.1) is 0 Å². The maximum Gasteiger partial charge on any atom is 0.387 e. The van der Waals surface area contributed by atoms with Gasteiger partial charge in [0, 0.05) is 12.6 Å². The number of amides is 2. The minimum absolute atomic E-state index is 0.107. The Morgan fingerprint density at radius 3 is 2.55 bits per heavy atom. The molecule has 20 heavy (non-hydrogen) atoms. The van der Waals surface area contributed by atoms with Crippen LogP contribution in [0.5, 0.6) is 5.75 Å². The van der Waals surface area contributed by atoms with Crippen LogP contribution in [0, 0.1) is 5.92 Å². The summed E-state index contributed by atoms with van der Waals surface area (Å²) < 4.78 is 28.2. The molecule has 2 amide bonds. The summed E-state index contributed by atoms with van der Waals surface area (Å²) in [5, 5.41) is 5.61. The Morgan fingerprint density at radius 2 is 2.00 bits per heavy atom. The topological polar surface area (TPSA) is 50.4 Å². The van der Waals surface area contributed by atoms with Gasteiger partial charge in [-0.3, -0.25) is 0 Å². The second-order valence-corrected chi connectivity index (χ2v) is 4.98. The predicted molar refractivity (Wildman–Crippen MR) is 70.6 cm³/mol. The fourth-order valence-corrected chi connectivity index (χ4v) is 1.94. The number of nitrogens with one attached hydrogen (secondary N) is 2. The van der Waals surface area contributed by atoms with Gasteiger partial charge < -0.3 is 15.4 Å². The summed E-state index contributed by atoms with van der Waals surface area (Å²) in [7, 11) is 0. The molecule has 0 heterocycles. The molecule has 0 radical (unpaired) electrons. The minimum atomic E-state index is -2.83. The van der Waals surface area contributed by atoms with Crippen molar-refractivity contribution in [2.75, 3.05) is 0 Å². The van der Waals surface area contributed by atoms with E-state index in [2.05, 4.69) is 15.4 Å². The predicted octanol–water partition coefficient (Wildman–Crippen LogP) is 2.89. The van der Waals surface area contributed by atoms with Crippen LogP contribution in [0.25, 0.3) is 0 Å². The van der Waals surface area contributed by atoms with Crippen LogP contribution in [0.3, 0.4) is 0 Å². The lowest BCUT2D eigenvalue weighted by Gasteiger charge is -2.13. The maximum atomic E-state index is 12.0. The van der Waals surface area contributed by atoms with Crippen molar-refractivity contribution in [3.8, 4) is 5.75 Å². The number of ether oxygens (including phenoxy) is 1. The van der Waals surface area contributed by atoms with E-state index < -0.39 is 6.61 Å². The SMILES string of the molecule is C[C@H](NC(=O)NCc1ccc(OC(F)F)cc1)C1CC1. The van der Waals surface area contributed by atoms with Crippen LogP contribution in [0.1, 0.15) is 25.3 Å². The van der Waals surface area contributed by atoms with E-state index in [9.17, 15) is 13.6 Å². The first-order valence-corrected chi connectivity index (χ1v) is 6.62. The maximum absolute atomic E-state index is 12.0. The van der Waals surface area contributed by atoms with E-state index >= 15 is 0 Å². The minimum Gasteiger partial charge on any atom is -0.435 e. The molecule has 2 rings (SSSR count). The van der Waals surface area contributed by atoms with Gasteiger partial charge in [0.05, 0.1) is 0 Å². The van der Waals surface area contributed by atoms with Gasteiger partial charge >= 0.3 is 12.6 Å². The van der Waals surface area contributed by atoms with Gasteiger partial charge in [0.2, 0.25) is 0 Å². The Morgan fingerprint density at radius 1 is 1.35 bits per heavy atom. The summed E-state index contributed by atoms with van der Waals surface area (Å²) in [6, 6.07) is 6.17. The summed E-state index contributed by atoms with van der Waals surface area (Å²) in [6.45, 7) is -0.486. The summed E-state index contributed by atoms with van der Waals surface area (Å²) in [5.41, 5.74) is 0.820. The molecular formula is C14H18F2N2O2. The molecule has 1 aliphatic carbocycles. The zero-order valence-electron chi connectivity index (χ0n) is 11.2. The number of carbonyl (C=O) groups excluding carboxylic acids is 1. The molecule has 0 bridgehead atoms. The Balaban J connectivity index is 1.74. The second-order valence-electron chi connectivity index (χ2n) is 4.98. The average Bonchev–Trinajstić information content (AvgIpc) is 3.21. The molecule has 0 spiro atoms. The van der Waals surface area contributed by atoms with E-state index in [0.29, 0.717) is 12.5 Å². The van der Waals surface area contributed by atoms with E-state index in [1.54, 1.807) is 12.1 Å². The van der Waals surface area contributed by atoms with Gasteiger partial charge in [0.15, 0.2) is 0 Å². The third-order valence-corrected chi connectivity index (χ3v) is 3.29. The number of alkyl halides is 2. The summed E-state index contributed by atoms with van der Waals surface area (Å²) in [4.78, 5) is 11.6. The molecule has 1 aromatic carbocycles. The van der Waals surface area contributed by atoms with Crippen LogP contribution in [-0.2, 0) is 6.54 Å². The lowest BCUT2D eigenvalue weighted by molar-refractivity contribution is -0.0498. The highest BCUT2D eigenvalue weighted by molar-refractivity contribution is 5.74. The fraction of sp³-hybridized carbons (Fsp3) is 0.500. The number of urea groups is 1. The summed E-state index contributed by atoms with van der Waals surface area (Å²) in [6.07, 6.45) is 2.35. The molecule has 110 valence electrons. The molecule has 1 atom stereocenters. The van der Waals surface area contributed by atoms with Crippen LogP contribution in [0.15, 0.2) is 24.3 Å². The smallest absolute Gasteiger partial charge is 0.387 e. The molecule has 0 aromatic heterocycles. The lowest BCUT2D eigenvalue weighted by atomic mass is 10.2. The van der Waals surface area contributed by atoms with Gasteiger partial charge in [-0.25, -0.2) is 4.79 Å². The van der Waals surface area contributed by atoms with Crippen molar-refractivity contribution in [3.63, 3.8) is 0 Å². The standard InChI is InChI=1S/C14H18F2N2O2/c1-9(11-4-5-11)18-14(19)17-8-10-2-6-12(7-3-10)20-13(15)16/h2-3,6-7,9,11,13H,4-5,8H2,1H3,(H2,17,18,19)/t9-/m0/s1. The molecule has 1 aliphatic rings. The Kier molecular flexibility index (Phi) is 4.76. The molecule has 1 fully saturated rings. The highest BCUT2D eigenvalue weighted by atomic mass is 19.3. The number of hydrogen-bond donors (Lipinski definition) is 2. The molecular weight excluding hydrogens is 266 g/mol. The first kappa shape index (κ1) is 14.6. The molecule has 0 saturated heterocycles. The molecule has 0 aliphatic heterocycles. The Bertz CT molecular complexity index is 447. The highest BCUT2D eigenvalue weighted by Gasteiger charge is 2.28. The van der Waals surface area contributed by atoms with Crippen molar-refractivity contribution in [1.29, 1.82) is 0 Å². The Labute approximate surface area is 116 Å². The number of carbonyl (C=O) groups is 1. The van der Waals surface area contributed by atoms with E-state index in [1.807, 2.05) is 6.92 Å². The Hall–Kier alpha value is -1.85. The molecule has 1 saturated carbocycles. The quantitative estimate of drug-likeness (QED) is 0.844. The van der Waals surface area contributed by atoms with Gasteiger partial charge in [-0.05, 0) is 43.4 Å². The van der Waals surface area contributed by atoms with Crippen LogP contribution >= 0.6 is 0 Å². The molecule has 1 aromatic rings. The normalized spacial score (nSPS) is 15.8. The molecule has 2 N–H and O–H groups in total. The van der Waals surface area contributed by atoms with Crippen molar-refractivity contribution < 1.29 is 18.3 Å². The third kappa shape index (κ3) is 4.68. The zero-order chi connectivity index (χ0) is 14.5. The molecule has 4 nitrogen and oxygen atoms in total. The van der Waals surface area contributed by atoms with E-state index in [1.165, 1.54) is 25.0 Å². The van der Waals surface area contributed by atoms with Gasteiger partial charge in [-0.2, -0.15) is 8.78 Å². The first-order valence-electron chi connectivity index (χ1n) is 6.62. The molecule has 6 heteroatoms. The number of hydrogen-bond acceptors (Lipinski definition) is 2. The van der Waals surface area contributed by atoms with Gasteiger partial charge in [0.25, 0.3) is 0 Å². The van der Waals surface area contributed by atoms with Crippen LogP contribution in [0.2, 0.25) is 0 Å². The van der Waals surface area contributed by atoms with Crippen molar-refractivity contribution in [1.82, 2.24) is 10.6 Å². The lowest BCUT2D eigenvalue weighted by Crippen LogP contribution is -2.41. The monoisotopic (exact) mass is 284 g/mol. The van der Waals surface area contributed by atoms with E-state index in [0.717, 1.165) is 5.56 Å². The van der Waals surface area contributed by atoms with Gasteiger partial charge in [-0.1, -0.05) is 12.1 Å². The van der Waals surface area contributed by atoms with Crippen LogP contribution in [0.4, 0.5) is 13.6 Å². The number of benzene rings is 1. The third-order valence-electron chi connectivity index (χ3n) is 3.29. The zero-order valence-corrected chi connectivity index (χ0v) is 11.2. The molecule has 0 unspecified atom stereocenters. The van der Waals surface area contributed by atoms with Gasteiger partial charge in [0.1, 0.15) is 5.75 Å². The van der Waals surface area contributed by atoms with Crippen LogP contribution < -0.4 is 15.4 Å². The van der Waals surface area contributed by atoms with Crippen molar-refractivity contribution in [2.45, 2.75) is 39.0 Å². The largest absolute Gasteiger partial charge is 0.435 e. The second kappa shape index (κ2) is 6.54. The summed E-state index contributed by atoms with van der Waals surface area (Å²) >= 11 is 0. The average molecular weight is 284 g/mol. The van der Waals surface area contributed by atoms with Crippen molar-refractivity contribution in [2.24, 2.45) is 5.92 Å². The summed E-state index contributed by atoms with van der Waals surface area (Å²) in [5.74, 6) is 0.710. The number of rotatable bonds is 6. The van der Waals surface area contributed by atoms with E-state index in [-0.39, 0.29) is 17.8 Å². The number of halogens is 2.